The van der Waals surface area contributed by atoms with Gasteiger partial charge in [-0.1, -0.05) is 25.1 Å². The Labute approximate surface area is 125 Å². The molecule has 1 fully saturated rings. The van der Waals surface area contributed by atoms with E-state index in [-0.39, 0.29) is 18.2 Å². The molecule has 1 aliphatic carbocycles. The highest BCUT2D eigenvalue weighted by molar-refractivity contribution is 5.84. The lowest BCUT2D eigenvalue weighted by molar-refractivity contribution is -0.0976. The molecule has 0 saturated heterocycles. The van der Waals surface area contributed by atoms with Crippen LogP contribution in [0, 0.1) is 6.92 Å². The minimum Gasteiger partial charge on any atom is -0.485 e. The normalized spacial score (nSPS) is 24.8. The van der Waals surface area contributed by atoms with Crippen LogP contribution in [0.3, 0.4) is 0 Å². The van der Waals surface area contributed by atoms with Crippen molar-refractivity contribution in [1.82, 2.24) is 4.98 Å². The van der Waals surface area contributed by atoms with Crippen molar-refractivity contribution in [2.45, 2.75) is 44.9 Å². The Morgan fingerprint density at radius 2 is 2.14 bits per heavy atom. The molecule has 4 heteroatoms. The number of benzene rings is 1. The molecule has 3 atom stereocenters. The van der Waals surface area contributed by atoms with E-state index >= 15 is 0 Å². The van der Waals surface area contributed by atoms with Gasteiger partial charge < -0.3 is 15.2 Å². The van der Waals surface area contributed by atoms with Gasteiger partial charge in [-0.3, -0.25) is 0 Å². The highest BCUT2D eigenvalue weighted by atomic mass is 16.5. The van der Waals surface area contributed by atoms with Crippen molar-refractivity contribution in [2.75, 3.05) is 6.61 Å². The summed E-state index contributed by atoms with van der Waals surface area (Å²) >= 11 is 0. The number of rotatable bonds is 5. The second kappa shape index (κ2) is 6.00. The zero-order valence-corrected chi connectivity index (χ0v) is 12.6. The third kappa shape index (κ3) is 2.87. The molecule has 1 aliphatic rings. The van der Waals surface area contributed by atoms with Gasteiger partial charge in [-0.05, 0) is 25.5 Å². The van der Waals surface area contributed by atoms with Gasteiger partial charge in [0.05, 0.1) is 0 Å². The number of ether oxygens (including phenoxy) is 2. The molecular formula is C17H22N2O2. The fourth-order valence-electron chi connectivity index (χ4n) is 2.69. The summed E-state index contributed by atoms with van der Waals surface area (Å²) in [6.07, 6.45) is 1.84. The van der Waals surface area contributed by atoms with E-state index < -0.39 is 0 Å². The Morgan fingerprint density at radius 3 is 2.90 bits per heavy atom. The van der Waals surface area contributed by atoms with Gasteiger partial charge in [0.2, 0.25) is 0 Å². The van der Waals surface area contributed by atoms with Gasteiger partial charge in [0.1, 0.15) is 23.5 Å². The summed E-state index contributed by atoms with van der Waals surface area (Å²) in [4.78, 5) is 4.60. The van der Waals surface area contributed by atoms with Crippen LogP contribution in [-0.4, -0.2) is 29.8 Å². The van der Waals surface area contributed by atoms with E-state index in [0.29, 0.717) is 0 Å². The van der Waals surface area contributed by atoms with Crippen LogP contribution < -0.4 is 10.5 Å². The summed E-state index contributed by atoms with van der Waals surface area (Å²) in [5.41, 5.74) is 7.92. The molecule has 1 saturated carbocycles. The van der Waals surface area contributed by atoms with Crippen LogP contribution in [0.25, 0.3) is 10.9 Å². The minimum absolute atomic E-state index is 0.00925. The molecule has 1 aromatic heterocycles. The summed E-state index contributed by atoms with van der Waals surface area (Å²) in [5, 5.41) is 1.09. The van der Waals surface area contributed by atoms with Gasteiger partial charge in [-0.2, -0.15) is 0 Å². The van der Waals surface area contributed by atoms with Crippen molar-refractivity contribution >= 4 is 10.9 Å². The second-order valence-corrected chi connectivity index (χ2v) is 5.67. The van der Waals surface area contributed by atoms with Gasteiger partial charge in [0, 0.05) is 30.1 Å². The lowest BCUT2D eigenvalue weighted by Gasteiger charge is -2.41. The van der Waals surface area contributed by atoms with Crippen LogP contribution >= 0.6 is 0 Å². The monoisotopic (exact) mass is 286 g/mol. The number of aryl methyl sites for hydroxylation is 1. The summed E-state index contributed by atoms with van der Waals surface area (Å²) in [6, 6.07) is 10.2. The molecule has 0 bridgehead atoms. The second-order valence-electron chi connectivity index (χ2n) is 5.67. The van der Waals surface area contributed by atoms with Crippen LogP contribution in [0.15, 0.2) is 30.3 Å². The summed E-state index contributed by atoms with van der Waals surface area (Å²) in [6.45, 7) is 4.81. The van der Waals surface area contributed by atoms with E-state index in [4.69, 9.17) is 15.2 Å². The number of hydrogen-bond acceptors (Lipinski definition) is 4. The Hall–Kier alpha value is -1.65. The first-order valence-corrected chi connectivity index (χ1v) is 7.59. The van der Waals surface area contributed by atoms with Gasteiger partial charge in [-0.15, -0.1) is 0 Å². The molecular weight excluding hydrogens is 264 g/mol. The van der Waals surface area contributed by atoms with Crippen molar-refractivity contribution < 1.29 is 9.47 Å². The average molecular weight is 286 g/mol. The molecule has 0 spiro atoms. The Bertz CT molecular complexity index is 629. The van der Waals surface area contributed by atoms with E-state index in [2.05, 4.69) is 18.0 Å². The summed E-state index contributed by atoms with van der Waals surface area (Å²) in [5.74, 6) is 0.818. The highest BCUT2D eigenvalue weighted by Crippen LogP contribution is 2.31. The van der Waals surface area contributed by atoms with E-state index in [1.807, 2.05) is 31.2 Å². The largest absolute Gasteiger partial charge is 0.485 e. The van der Waals surface area contributed by atoms with Gasteiger partial charge >= 0.3 is 0 Å². The van der Waals surface area contributed by atoms with E-state index in [9.17, 15) is 0 Å². The van der Waals surface area contributed by atoms with Crippen LogP contribution in [-0.2, 0) is 4.74 Å². The molecule has 0 radical (unpaired) electrons. The SMILES string of the molecule is CCCOC1C(N)CC1Oc1cccc2ccc(C)nc12. The van der Waals surface area contributed by atoms with Crippen molar-refractivity contribution in [3.8, 4) is 5.75 Å². The molecule has 21 heavy (non-hydrogen) atoms. The zero-order chi connectivity index (χ0) is 14.8. The van der Waals surface area contributed by atoms with Crippen molar-refractivity contribution in [2.24, 2.45) is 5.73 Å². The highest BCUT2D eigenvalue weighted by Gasteiger charge is 2.41. The smallest absolute Gasteiger partial charge is 0.146 e. The Balaban J connectivity index is 1.80. The predicted octanol–water partition coefficient (Wildman–Crippen LogP) is 2.82. The molecule has 1 heterocycles. The first kappa shape index (κ1) is 14.3. The maximum atomic E-state index is 6.13. The lowest BCUT2D eigenvalue weighted by atomic mass is 9.86. The number of pyridine rings is 1. The fraction of sp³-hybridized carbons (Fsp3) is 0.471. The molecule has 3 unspecified atom stereocenters. The Morgan fingerprint density at radius 1 is 1.29 bits per heavy atom. The number of nitrogens with zero attached hydrogens (tertiary/aromatic N) is 1. The number of para-hydroxylation sites is 1. The standard InChI is InChI=1S/C17H22N2O2/c1-3-9-20-17-13(18)10-15(17)21-14-6-4-5-12-8-7-11(2)19-16(12)14/h4-8,13,15,17H,3,9-10,18H2,1-2H3. The molecule has 1 aromatic carbocycles. The molecule has 2 aromatic rings. The van der Waals surface area contributed by atoms with Crippen LogP contribution in [0.2, 0.25) is 0 Å². The summed E-state index contributed by atoms with van der Waals surface area (Å²) < 4.78 is 11.9. The molecule has 3 rings (SSSR count). The topological polar surface area (TPSA) is 57.4 Å². The van der Waals surface area contributed by atoms with E-state index in [1.54, 1.807) is 0 Å². The number of nitrogens with two attached hydrogens (primary N) is 1. The van der Waals surface area contributed by atoms with Crippen molar-refractivity contribution in [3.05, 3.63) is 36.0 Å². The lowest BCUT2D eigenvalue weighted by Crippen LogP contribution is -2.59. The van der Waals surface area contributed by atoms with E-state index in [1.165, 1.54) is 0 Å². The van der Waals surface area contributed by atoms with Crippen LogP contribution in [0.4, 0.5) is 0 Å². The number of fused-ring (bicyclic) bond motifs is 1. The van der Waals surface area contributed by atoms with Crippen LogP contribution in [0.1, 0.15) is 25.5 Å². The number of hydrogen-bond donors (Lipinski definition) is 1. The van der Waals surface area contributed by atoms with Crippen molar-refractivity contribution in [3.63, 3.8) is 0 Å². The van der Waals surface area contributed by atoms with Crippen LogP contribution in [0.5, 0.6) is 5.75 Å². The average Bonchev–Trinajstić information content (AvgIpc) is 2.47. The third-order valence-electron chi connectivity index (χ3n) is 3.91. The third-order valence-corrected chi connectivity index (χ3v) is 3.91. The summed E-state index contributed by atoms with van der Waals surface area (Å²) in [7, 11) is 0. The molecule has 4 nitrogen and oxygen atoms in total. The number of aromatic nitrogens is 1. The minimum atomic E-state index is -0.00925. The zero-order valence-electron chi connectivity index (χ0n) is 12.6. The van der Waals surface area contributed by atoms with Gasteiger partial charge in [0.15, 0.2) is 0 Å². The fourth-order valence-corrected chi connectivity index (χ4v) is 2.69. The van der Waals surface area contributed by atoms with Gasteiger partial charge in [0.25, 0.3) is 0 Å². The Kier molecular flexibility index (Phi) is 4.08. The predicted molar refractivity (Wildman–Crippen MR) is 83.5 cm³/mol. The maximum Gasteiger partial charge on any atom is 0.146 e. The first-order chi connectivity index (χ1) is 10.2. The van der Waals surface area contributed by atoms with E-state index in [0.717, 1.165) is 41.8 Å². The quantitative estimate of drug-likeness (QED) is 0.918. The molecule has 0 aliphatic heterocycles. The molecule has 112 valence electrons. The molecule has 2 N–H and O–H groups in total. The maximum absolute atomic E-state index is 6.13. The van der Waals surface area contributed by atoms with Gasteiger partial charge in [-0.25, -0.2) is 4.98 Å². The first-order valence-electron chi connectivity index (χ1n) is 7.59. The van der Waals surface area contributed by atoms with Crippen molar-refractivity contribution in [1.29, 1.82) is 0 Å². The molecule has 0 amide bonds.